The van der Waals surface area contributed by atoms with Gasteiger partial charge < -0.3 is 20.8 Å². The first-order valence-corrected chi connectivity index (χ1v) is 7.59. The van der Waals surface area contributed by atoms with Gasteiger partial charge in [0.25, 0.3) is 0 Å². The molecule has 2 aliphatic rings. The lowest BCUT2D eigenvalue weighted by Gasteiger charge is -1.94. The van der Waals surface area contributed by atoms with Gasteiger partial charge in [-0.05, 0) is 76.1 Å². The van der Waals surface area contributed by atoms with Gasteiger partial charge in [-0.1, -0.05) is 0 Å². The normalized spacial score (nSPS) is 16.0. The fourth-order valence-electron chi connectivity index (χ4n) is 2.01. The van der Waals surface area contributed by atoms with Crippen LogP contribution >= 0.6 is 0 Å². The van der Waals surface area contributed by atoms with E-state index in [9.17, 15) is 9.59 Å². The Morgan fingerprint density at radius 3 is 1.09 bits per heavy atom. The van der Waals surface area contributed by atoms with Crippen molar-refractivity contribution in [3.05, 3.63) is 35.4 Å². The zero-order chi connectivity index (χ0) is 16.2. The molecule has 122 valence electrons. The van der Waals surface area contributed by atoms with Crippen LogP contribution in [0, 0.1) is 0 Å². The Morgan fingerprint density at radius 1 is 0.682 bits per heavy atom. The van der Waals surface area contributed by atoms with Gasteiger partial charge >= 0.3 is 11.9 Å². The van der Waals surface area contributed by atoms with E-state index >= 15 is 0 Å². The summed E-state index contributed by atoms with van der Waals surface area (Å²) < 4.78 is 0. The van der Waals surface area contributed by atoms with Gasteiger partial charge in [-0.3, -0.25) is 0 Å². The SMILES string of the molecule is C1CCNC1.C1CCNC1.O=C(O)c1ccc(C(=O)O)cc1. The average Bonchev–Trinajstić information content (AvgIpc) is 3.25. The molecule has 0 amide bonds. The molecular weight excluding hydrogens is 284 g/mol. The van der Waals surface area contributed by atoms with Crippen LogP contribution in [-0.2, 0) is 0 Å². The highest BCUT2D eigenvalue weighted by molar-refractivity contribution is 5.91. The van der Waals surface area contributed by atoms with Gasteiger partial charge in [-0.25, -0.2) is 9.59 Å². The second-order valence-corrected chi connectivity index (χ2v) is 5.10. The van der Waals surface area contributed by atoms with Gasteiger partial charge in [0.1, 0.15) is 0 Å². The number of hydrogen-bond acceptors (Lipinski definition) is 4. The van der Waals surface area contributed by atoms with Crippen molar-refractivity contribution in [3.8, 4) is 0 Å². The summed E-state index contributed by atoms with van der Waals surface area (Å²) >= 11 is 0. The minimum atomic E-state index is -1.06. The van der Waals surface area contributed by atoms with Crippen LogP contribution in [0.5, 0.6) is 0 Å². The Morgan fingerprint density at radius 2 is 0.955 bits per heavy atom. The molecule has 2 fully saturated rings. The summed E-state index contributed by atoms with van der Waals surface area (Å²) in [6.45, 7) is 5.00. The van der Waals surface area contributed by atoms with E-state index in [1.165, 1.54) is 76.1 Å². The zero-order valence-corrected chi connectivity index (χ0v) is 12.7. The number of carboxylic acid groups (broad SMARTS) is 2. The van der Waals surface area contributed by atoms with Gasteiger partial charge in [0.05, 0.1) is 11.1 Å². The van der Waals surface area contributed by atoms with E-state index in [0.29, 0.717) is 0 Å². The van der Waals surface area contributed by atoms with Crippen LogP contribution < -0.4 is 10.6 Å². The Hall–Kier alpha value is -1.92. The van der Waals surface area contributed by atoms with Crippen molar-refractivity contribution >= 4 is 11.9 Å². The van der Waals surface area contributed by atoms with Gasteiger partial charge in [0, 0.05) is 0 Å². The maximum Gasteiger partial charge on any atom is 0.335 e. The summed E-state index contributed by atoms with van der Waals surface area (Å²) in [5.41, 5.74) is 0.167. The second kappa shape index (κ2) is 10.8. The maximum atomic E-state index is 10.3. The highest BCUT2D eigenvalue weighted by Gasteiger charge is 2.04. The van der Waals surface area contributed by atoms with Crippen LogP contribution in [-0.4, -0.2) is 48.3 Å². The quantitative estimate of drug-likeness (QED) is 0.665. The molecule has 0 aliphatic carbocycles. The summed E-state index contributed by atoms with van der Waals surface area (Å²) in [5.74, 6) is -2.13. The minimum Gasteiger partial charge on any atom is -0.478 e. The van der Waals surface area contributed by atoms with Crippen LogP contribution in [0.2, 0.25) is 0 Å². The number of nitrogens with one attached hydrogen (secondary N) is 2. The first-order chi connectivity index (χ1) is 10.6. The standard InChI is InChI=1S/C8H6O4.2C4H9N/c9-7(10)5-1-2-6(4-3-5)8(11)12;2*1-2-4-5-3-1/h1-4H,(H,9,10)(H,11,12);2*5H,1-4H2. The second-order valence-electron chi connectivity index (χ2n) is 5.10. The van der Waals surface area contributed by atoms with Crippen molar-refractivity contribution in [2.45, 2.75) is 25.7 Å². The van der Waals surface area contributed by atoms with Crippen molar-refractivity contribution in [2.75, 3.05) is 26.2 Å². The van der Waals surface area contributed by atoms with Crippen LogP contribution in [0.3, 0.4) is 0 Å². The van der Waals surface area contributed by atoms with Gasteiger partial charge in [0.2, 0.25) is 0 Å². The van der Waals surface area contributed by atoms with Crippen molar-refractivity contribution in [3.63, 3.8) is 0 Å². The Balaban J connectivity index is 0.000000197. The van der Waals surface area contributed by atoms with E-state index in [1.807, 2.05) is 0 Å². The Bertz CT molecular complexity index is 393. The Labute approximate surface area is 130 Å². The lowest BCUT2D eigenvalue weighted by molar-refractivity contribution is 0.0681. The summed E-state index contributed by atoms with van der Waals surface area (Å²) in [5, 5.41) is 23.4. The predicted molar refractivity (Wildman–Crippen MR) is 84.6 cm³/mol. The number of carboxylic acids is 2. The highest BCUT2D eigenvalue weighted by atomic mass is 16.4. The van der Waals surface area contributed by atoms with Crippen molar-refractivity contribution < 1.29 is 19.8 Å². The number of benzene rings is 1. The van der Waals surface area contributed by atoms with E-state index in [4.69, 9.17) is 10.2 Å². The van der Waals surface area contributed by atoms with Crippen molar-refractivity contribution in [1.29, 1.82) is 0 Å². The molecule has 6 heteroatoms. The molecule has 1 aromatic rings. The molecule has 4 N–H and O–H groups in total. The third-order valence-electron chi connectivity index (χ3n) is 3.29. The van der Waals surface area contributed by atoms with E-state index < -0.39 is 11.9 Å². The topological polar surface area (TPSA) is 98.7 Å². The Kier molecular flexibility index (Phi) is 8.86. The maximum absolute atomic E-state index is 10.3. The molecular formula is C16H24N2O4. The van der Waals surface area contributed by atoms with Gasteiger partial charge in [-0.15, -0.1) is 0 Å². The number of aromatic carboxylic acids is 2. The molecule has 2 saturated heterocycles. The summed E-state index contributed by atoms with van der Waals surface area (Å²) in [7, 11) is 0. The van der Waals surface area contributed by atoms with Gasteiger partial charge in [-0.2, -0.15) is 0 Å². The molecule has 0 bridgehead atoms. The average molecular weight is 308 g/mol. The summed E-state index contributed by atoms with van der Waals surface area (Å²) in [6, 6.07) is 5.02. The fourth-order valence-corrected chi connectivity index (χ4v) is 2.01. The van der Waals surface area contributed by atoms with Crippen LogP contribution in [0.25, 0.3) is 0 Å². The lowest BCUT2D eigenvalue weighted by Crippen LogP contribution is -2.03. The fraction of sp³-hybridized carbons (Fsp3) is 0.500. The smallest absolute Gasteiger partial charge is 0.335 e. The molecule has 6 nitrogen and oxygen atoms in total. The lowest BCUT2D eigenvalue weighted by atomic mass is 10.1. The zero-order valence-electron chi connectivity index (χ0n) is 12.7. The predicted octanol–water partition coefficient (Wildman–Crippen LogP) is 1.82. The van der Waals surface area contributed by atoms with Crippen molar-refractivity contribution in [2.24, 2.45) is 0 Å². The number of hydrogen-bond donors (Lipinski definition) is 4. The third kappa shape index (κ3) is 7.75. The number of carbonyl (C=O) groups is 2. The van der Waals surface area contributed by atoms with Crippen molar-refractivity contribution in [1.82, 2.24) is 10.6 Å². The molecule has 0 atom stereocenters. The third-order valence-corrected chi connectivity index (χ3v) is 3.29. The molecule has 2 aliphatic heterocycles. The molecule has 0 spiro atoms. The highest BCUT2D eigenvalue weighted by Crippen LogP contribution is 2.03. The molecule has 22 heavy (non-hydrogen) atoms. The molecule has 3 rings (SSSR count). The van der Waals surface area contributed by atoms with Gasteiger partial charge in [0.15, 0.2) is 0 Å². The number of rotatable bonds is 2. The largest absolute Gasteiger partial charge is 0.478 e. The molecule has 0 aromatic heterocycles. The first-order valence-electron chi connectivity index (χ1n) is 7.59. The first kappa shape index (κ1) is 18.1. The minimum absolute atomic E-state index is 0.0833. The van der Waals surface area contributed by atoms with Crippen LogP contribution in [0.1, 0.15) is 46.4 Å². The molecule has 0 radical (unpaired) electrons. The van der Waals surface area contributed by atoms with E-state index in [-0.39, 0.29) is 11.1 Å². The van der Waals surface area contributed by atoms with E-state index in [0.717, 1.165) is 0 Å². The summed E-state index contributed by atoms with van der Waals surface area (Å²) in [6.07, 6.45) is 5.56. The monoisotopic (exact) mass is 308 g/mol. The molecule has 1 aromatic carbocycles. The van der Waals surface area contributed by atoms with E-state index in [1.54, 1.807) is 0 Å². The summed E-state index contributed by atoms with van der Waals surface area (Å²) in [4.78, 5) is 20.7. The molecule has 0 unspecified atom stereocenters. The molecule has 0 saturated carbocycles. The van der Waals surface area contributed by atoms with E-state index in [2.05, 4.69) is 10.6 Å². The molecule has 2 heterocycles. The van der Waals surface area contributed by atoms with Crippen LogP contribution in [0.15, 0.2) is 24.3 Å². The van der Waals surface area contributed by atoms with Crippen LogP contribution in [0.4, 0.5) is 0 Å².